The van der Waals surface area contributed by atoms with E-state index in [1.54, 1.807) is 0 Å². The van der Waals surface area contributed by atoms with Crippen molar-refractivity contribution in [1.82, 2.24) is 0 Å². The smallest absolute Gasteiger partial charge is 0.170 e. The fraction of sp³-hybridized carbons (Fsp3) is 0.750. The molecule has 1 nitrogen and oxygen atoms in total. The Morgan fingerprint density at radius 1 is 1.40 bits per heavy atom. The Kier molecular flexibility index (Phi) is 3.41. The van der Waals surface area contributed by atoms with E-state index in [4.69, 9.17) is 4.74 Å². The molecule has 0 aromatic heterocycles. The van der Waals surface area contributed by atoms with Gasteiger partial charge in [-0.3, -0.25) is 0 Å². The van der Waals surface area contributed by atoms with Crippen molar-refractivity contribution in [3.05, 3.63) is 12.2 Å². The zero-order valence-electron chi connectivity index (χ0n) is 6.68. The molecule has 0 spiro atoms. The van der Waals surface area contributed by atoms with Gasteiger partial charge < -0.3 is 4.74 Å². The molecule has 56 valence electrons. The summed E-state index contributed by atoms with van der Waals surface area (Å²) in [6.07, 6.45) is 7.39. The van der Waals surface area contributed by atoms with Gasteiger partial charge in [-0.2, -0.15) is 0 Å². The molecule has 10 heavy (non-hydrogen) atoms. The molecule has 0 aromatic carbocycles. The van der Waals surface area contributed by atoms with Crippen molar-refractivity contribution in [3.8, 4) is 0 Å². The van der Waals surface area contributed by atoms with Crippen LogP contribution in [0.15, 0.2) is 12.2 Å². The molecular weight excluding hydrogens is 123 g/mol. The third kappa shape index (κ3) is 2.46. The molecule has 1 fully saturated rings. The van der Waals surface area contributed by atoms with Crippen molar-refractivity contribution in [2.75, 3.05) is 6.61 Å². The minimum atomic E-state index is 0.795. The Bertz CT molecular complexity index is 106. The van der Waals surface area contributed by atoms with E-state index in [0.29, 0.717) is 0 Å². The summed E-state index contributed by atoms with van der Waals surface area (Å²) in [4.78, 5) is 0. The first-order valence-electron chi connectivity index (χ1n) is 4.21. The minimum absolute atomic E-state index is 0.795. The van der Waals surface area contributed by atoms with Crippen molar-refractivity contribution in [1.29, 1.82) is 0 Å². The Balaban J connectivity index is 2.10. The van der Waals surface area contributed by atoms with Crippen molar-refractivity contribution in [2.45, 2.75) is 32.4 Å². The second-order valence-electron chi connectivity index (χ2n) is 2.83. The Hall–Kier alpha value is -0.395. The fourth-order valence-electron chi connectivity index (χ4n) is 1.41. The highest BCUT2D eigenvalue weighted by atomic mass is 16.5. The van der Waals surface area contributed by atoms with Crippen LogP contribution < -0.4 is 0 Å². The lowest BCUT2D eigenvalue weighted by Crippen LogP contribution is -2.00. The van der Waals surface area contributed by atoms with Crippen LogP contribution in [0.25, 0.3) is 0 Å². The van der Waals surface area contributed by atoms with Gasteiger partial charge in [0.25, 0.3) is 0 Å². The van der Waals surface area contributed by atoms with Gasteiger partial charge in [0.05, 0.1) is 12.9 Å². The molecular formula is C8H15BO. The SMILES string of the molecule is CCOC=CB1CCCC1. The fourth-order valence-corrected chi connectivity index (χ4v) is 1.41. The highest BCUT2D eigenvalue weighted by Crippen LogP contribution is 2.19. The number of hydrogen-bond donors (Lipinski definition) is 0. The standard InChI is InChI=1S/C8H15BO/c1-2-10-8-7-9-5-3-4-6-9/h7-8H,2-6H2,1H3. The van der Waals surface area contributed by atoms with Gasteiger partial charge in [0.2, 0.25) is 0 Å². The molecule has 0 aliphatic carbocycles. The maximum absolute atomic E-state index is 5.11. The van der Waals surface area contributed by atoms with Crippen molar-refractivity contribution >= 4 is 6.71 Å². The minimum Gasteiger partial charge on any atom is -0.503 e. The first kappa shape index (κ1) is 7.71. The van der Waals surface area contributed by atoms with Gasteiger partial charge >= 0.3 is 0 Å². The number of hydrogen-bond acceptors (Lipinski definition) is 1. The summed E-state index contributed by atoms with van der Waals surface area (Å²) < 4.78 is 5.11. The molecule has 1 heterocycles. The number of ether oxygens (including phenoxy) is 1. The van der Waals surface area contributed by atoms with Crippen LogP contribution in [0.3, 0.4) is 0 Å². The van der Waals surface area contributed by atoms with Crippen LogP contribution in [0.4, 0.5) is 0 Å². The summed E-state index contributed by atoms with van der Waals surface area (Å²) in [6, 6.07) is 0. The Morgan fingerprint density at radius 2 is 2.10 bits per heavy atom. The topological polar surface area (TPSA) is 9.23 Å². The monoisotopic (exact) mass is 138 g/mol. The van der Waals surface area contributed by atoms with E-state index in [9.17, 15) is 0 Å². The summed E-state index contributed by atoms with van der Waals surface area (Å²) >= 11 is 0. The third-order valence-electron chi connectivity index (χ3n) is 2.01. The number of rotatable bonds is 3. The first-order valence-corrected chi connectivity index (χ1v) is 4.21. The molecule has 0 amide bonds. The van der Waals surface area contributed by atoms with Crippen LogP contribution >= 0.6 is 0 Å². The van der Waals surface area contributed by atoms with Gasteiger partial charge in [0.15, 0.2) is 6.71 Å². The molecule has 0 aromatic rings. The van der Waals surface area contributed by atoms with Gasteiger partial charge in [0, 0.05) is 0 Å². The molecule has 2 heteroatoms. The van der Waals surface area contributed by atoms with Crippen LogP contribution in [0.1, 0.15) is 19.8 Å². The average molecular weight is 138 g/mol. The summed E-state index contributed by atoms with van der Waals surface area (Å²) in [5.41, 5.74) is 0. The second kappa shape index (κ2) is 4.43. The van der Waals surface area contributed by atoms with Crippen LogP contribution in [0, 0.1) is 0 Å². The van der Waals surface area contributed by atoms with Crippen molar-refractivity contribution in [2.24, 2.45) is 0 Å². The highest BCUT2D eigenvalue weighted by molar-refractivity contribution is 6.64. The van der Waals surface area contributed by atoms with Crippen LogP contribution in [-0.4, -0.2) is 13.3 Å². The van der Waals surface area contributed by atoms with E-state index in [2.05, 4.69) is 5.98 Å². The van der Waals surface area contributed by atoms with Gasteiger partial charge in [-0.25, -0.2) is 0 Å². The molecule has 1 rings (SSSR count). The molecule has 0 saturated carbocycles. The molecule has 1 aliphatic rings. The lowest BCUT2D eigenvalue weighted by Gasteiger charge is -1.95. The predicted octanol–water partition coefficient (Wildman–Crippen LogP) is 2.36. The molecule has 1 saturated heterocycles. The van der Waals surface area contributed by atoms with Crippen molar-refractivity contribution in [3.63, 3.8) is 0 Å². The van der Waals surface area contributed by atoms with E-state index < -0.39 is 0 Å². The summed E-state index contributed by atoms with van der Waals surface area (Å²) in [7, 11) is 0. The molecule has 0 N–H and O–H groups in total. The summed E-state index contributed by atoms with van der Waals surface area (Å²) in [6.45, 7) is 3.62. The van der Waals surface area contributed by atoms with Crippen molar-refractivity contribution < 1.29 is 4.74 Å². The van der Waals surface area contributed by atoms with E-state index >= 15 is 0 Å². The normalized spacial score (nSPS) is 18.7. The van der Waals surface area contributed by atoms with E-state index in [-0.39, 0.29) is 0 Å². The lowest BCUT2D eigenvalue weighted by atomic mass is 9.49. The van der Waals surface area contributed by atoms with E-state index in [0.717, 1.165) is 13.3 Å². The predicted molar refractivity (Wildman–Crippen MR) is 45.4 cm³/mol. The van der Waals surface area contributed by atoms with Gasteiger partial charge in [0.1, 0.15) is 0 Å². The molecule has 0 bridgehead atoms. The highest BCUT2D eigenvalue weighted by Gasteiger charge is 2.15. The maximum Gasteiger partial charge on any atom is 0.170 e. The van der Waals surface area contributed by atoms with Gasteiger partial charge in [-0.05, 0) is 6.92 Å². The third-order valence-corrected chi connectivity index (χ3v) is 2.01. The van der Waals surface area contributed by atoms with E-state index in [1.807, 2.05) is 13.2 Å². The van der Waals surface area contributed by atoms with Crippen LogP contribution in [0.2, 0.25) is 12.6 Å². The van der Waals surface area contributed by atoms with Gasteiger partial charge in [-0.1, -0.05) is 31.5 Å². The Morgan fingerprint density at radius 3 is 2.70 bits per heavy atom. The zero-order valence-corrected chi connectivity index (χ0v) is 6.68. The molecule has 0 atom stereocenters. The first-order chi connectivity index (χ1) is 4.93. The second-order valence-corrected chi connectivity index (χ2v) is 2.83. The summed E-state index contributed by atoms with van der Waals surface area (Å²) in [5.74, 6) is 2.20. The average Bonchev–Trinajstić information content (AvgIpc) is 2.41. The van der Waals surface area contributed by atoms with E-state index in [1.165, 1.54) is 25.5 Å². The van der Waals surface area contributed by atoms with Gasteiger partial charge in [-0.15, -0.1) is 0 Å². The zero-order chi connectivity index (χ0) is 7.23. The summed E-state index contributed by atoms with van der Waals surface area (Å²) in [5, 5.41) is 0. The van der Waals surface area contributed by atoms with Crippen LogP contribution in [0.5, 0.6) is 0 Å². The largest absolute Gasteiger partial charge is 0.503 e. The molecule has 0 unspecified atom stereocenters. The maximum atomic E-state index is 5.11. The molecule has 1 aliphatic heterocycles. The van der Waals surface area contributed by atoms with Crippen LogP contribution in [-0.2, 0) is 4.74 Å². The Labute approximate surface area is 63.5 Å². The quantitative estimate of drug-likeness (QED) is 0.429. The molecule has 0 radical (unpaired) electrons. The lowest BCUT2D eigenvalue weighted by molar-refractivity contribution is 0.270.